The largest absolute Gasteiger partial charge is 0.458 e. The van der Waals surface area contributed by atoms with Gasteiger partial charge in [-0.1, -0.05) is 91.3 Å². The second-order valence-electron chi connectivity index (χ2n) is 8.42. The molecule has 0 radical (unpaired) electrons. The van der Waals surface area contributed by atoms with Crippen LogP contribution in [-0.4, -0.2) is 20.6 Å². The van der Waals surface area contributed by atoms with Crippen LogP contribution in [0.15, 0.2) is 71.5 Å². The van der Waals surface area contributed by atoms with Crippen molar-refractivity contribution >= 4 is 22.3 Å². The van der Waals surface area contributed by atoms with Gasteiger partial charge in [0.05, 0.1) is 5.69 Å². The van der Waals surface area contributed by atoms with Crippen molar-refractivity contribution in [1.29, 1.82) is 0 Å². The van der Waals surface area contributed by atoms with Crippen LogP contribution in [0, 0.1) is 0 Å². The third-order valence-corrected chi connectivity index (χ3v) is 7.20. The minimum atomic E-state index is -0.543. The SMILES string of the molecule is O=C(OCc1cc(=O)n2nc(C3CCCCC3)sc2n1)C(c1ccccc1)c1ccccc1. The maximum absolute atomic E-state index is 13.1. The van der Waals surface area contributed by atoms with Gasteiger partial charge in [0.2, 0.25) is 4.96 Å². The minimum Gasteiger partial charge on any atom is -0.458 e. The molecular weight excluding hydrogens is 434 g/mol. The molecule has 2 heterocycles. The fourth-order valence-electron chi connectivity index (χ4n) is 4.44. The Kier molecular flexibility index (Phi) is 6.30. The molecule has 1 aliphatic rings. The summed E-state index contributed by atoms with van der Waals surface area (Å²) < 4.78 is 7.03. The Bertz CT molecular complexity index is 1260. The van der Waals surface area contributed by atoms with E-state index in [1.165, 1.54) is 41.2 Å². The summed E-state index contributed by atoms with van der Waals surface area (Å²) in [4.78, 5) is 30.9. The number of rotatable bonds is 6. The highest BCUT2D eigenvalue weighted by molar-refractivity contribution is 7.16. The van der Waals surface area contributed by atoms with Gasteiger partial charge in [-0.05, 0) is 24.0 Å². The highest BCUT2D eigenvalue weighted by Gasteiger charge is 2.25. The van der Waals surface area contributed by atoms with Gasteiger partial charge in [-0.25, -0.2) is 4.98 Å². The number of nitrogens with zero attached hydrogens (tertiary/aromatic N) is 3. The van der Waals surface area contributed by atoms with Crippen molar-refractivity contribution in [2.45, 2.75) is 50.5 Å². The van der Waals surface area contributed by atoms with Crippen LogP contribution in [0.5, 0.6) is 0 Å². The Morgan fingerprint density at radius 3 is 2.27 bits per heavy atom. The molecule has 0 saturated heterocycles. The number of ether oxygens (including phenoxy) is 1. The van der Waals surface area contributed by atoms with Gasteiger partial charge < -0.3 is 4.74 Å². The second-order valence-corrected chi connectivity index (χ2v) is 9.40. The number of hydrogen-bond donors (Lipinski definition) is 0. The van der Waals surface area contributed by atoms with E-state index in [-0.39, 0.29) is 18.1 Å². The normalized spacial score (nSPS) is 14.6. The summed E-state index contributed by atoms with van der Waals surface area (Å²) in [5.41, 5.74) is 1.91. The summed E-state index contributed by atoms with van der Waals surface area (Å²) in [7, 11) is 0. The summed E-state index contributed by atoms with van der Waals surface area (Å²) in [6.45, 7) is -0.0581. The van der Waals surface area contributed by atoms with Crippen molar-refractivity contribution in [3.8, 4) is 0 Å². The van der Waals surface area contributed by atoms with Crippen LogP contribution in [0.3, 0.4) is 0 Å². The summed E-state index contributed by atoms with van der Waals surface area (Å²) in [6, 6.07) is 20.5. The molecule has 168 valence electrons. The monoisotopic (exact) mass is 459 g/mol. The summed E-state index contributed by atoms with van der Waals surface area (Å²) in [6.07, 6.45) is 5.89. The van der Waals surface area contributed by atoms with E-state index < -0.39 is 5.92 Å². The van der Waals surface area contributed by atoms with Crippen molar-refractivity contribution in [2.75, 3.05) is 0 Å². The van der Waals surface area contributed by atoms with E-state index in [0.29, 0.717) is 16.6 Å². The lowest BCUT2D eigenvalue weighted by molar-refractivity contribution is -0.145. The molecule has 1 aliphatic carbocycles. The van der Waals surface area contributed by atoms with Crippen molar-refractivity contribution in [2.24, 2.45) is 0 Å². The predicted octanol–water partition coefficient (Wildman–Crippen LogP) is 5.07. The molecule has 7 heteroatoms. The van der Waals surface area contributed by atoms with Crippen molar-refractivity contribution in [1.82, 2.24) is 14.6 Å². The summed E-state index contributed by atoms with van der Waals surface area (Å²) in [5, 5.41) is 5.51. The Morgan fingerprint density at radius 1 is 1.00 bits per heavy atom. The Morgan fingerprint density at radius 2 is 1.64 bits per heavy atom. The Labute approximate surface area is 195 Å². The van der Waals surface area contributed by atoms with Crippen LogP contribution in [-0.2, 0) is 16.1 Å². The number of carbonyl (C=O) groups is 1. The van der Waals surface area contributed by atoms with Crippen LogP contribution in [0.2, 0.25) is 0 Å². The van der Waals surface area contributed by atoms with Gasteiger partial charge in [-0.3, -0.25) is 9.59 Å². The maximum atomic E-state index is 13.1. The van der Waals surface area contributed by atoms with Crippen LogP contribution < -0.4 is 5.56 Å². The lowest BCUT2D eigenvalue weighted by Gasteiger charge is -2.18. The zero-order valence-electron chi connectivity index (χ0n) is 18.2. The van der Waals surface area contributed by atoms with Crippen LogP contribution >= 0.6 is 11.3 Å². The molecule has 0 aliphatic heterocycles. The molecule has 1 fully saturated rings. The van der Waals surface area contributed by atoms with Crippen LogP contribution in [0.25, 0.3) is 4.96 Å². The smallest absolute Gasteiger partial charge is 0.318 e. The standard InChI is InChI=1S/C26H25N3O3S/c30-22-16-21(27-26-29(22)28-24(33-26)20-14-8-3-9-15-20)17-32-25(31)23(18-10-4-1-5-11-18)19-12-6-2-7-13-19/h1-2,4-7,10-13,16,20,23H,3,8-9,14-15,17H2. The summed E-state index contributed by atoms with van der Waals surface area (Å²) >= 11 is 1.47. The molecule has 0 bridgehead atoms. The molecule has 2 aromatic heterocycles. The van der Waals surface area contributed by atoms with Crippen molar-refractivity contribution in [3.05, 3.63) is 98.9 Å². The lowest BCUT2D eigenvalue weighted by Crippen LogP contribution is -2.20. The van der Waals surface area contributed by atoms with E-state index in [0.717, 1.165) is 29.0 Å². The molecule has 0 atom stereocenters. The molecule has 5 rings (SSSR count). The van der Waals surface area contributed by atoms with Gasteiger partial charge in [0.25, 0.3) is 5.56 Å². The van der Waals surface area contributed by atoms with Crippen LogP contribution in [0.1, 0.15) is 65.8 Å². The number of fused-ring (bicyclic) bond motifs is 1. The maximum Gasteiger partial charge on any atom is 0.318 e. The molecule has 0 N–H and O–H groups in total. The van der Waals surface area contributed by atoms with Gasteiger partial charge in [0.15, 0.2) is 0 Å². The molecule has 6 nitrogen and oxygen atoms in total. The van der Waals surface area contributed by atoms with E-state index in [1.54, 1.807) is 0 Å². The highest BCUT2D eigenvalue weighted by atomic mass is 32.1. The first-order chi connectivity index (χ1) is 16.2. The number of hydrogen-bond acceptors (Lipinski definition) is 6. The van der Waals surface area contributed by atoms with Crippen molar-refractivity contribution in [3.63, 3.8) is 0 Å². The number of carbonyl (C=O) groups excluding carboxylic acids is 1. The van der Waals surface area contributed by atoms with Gasteiger partial charge in [-0.2, -0.15) is 9.61 Å². The summed E-state index contributed by atoms with van der Waals surface area (Å²) in [5.74, 6) is -0.510. The molecule has 0 spiro atoms. The Hall–Kier alpha value is -3.32. The average Bonchev–Trinajstić information content (AvgIpc) is 3.30. The van der Waals surface area contributed by atoms with E-state index in [2.05, 4.69) is 10.1 Å². The van der Waals surface area contributed by atoms with E-state index in [9.17, 15) is 9.59 Å². The number of esters is 1. The van der Waals surface area contributed by atoms with E-state index in [1.807, 2.05) is 60.7 Å². The molecule has 4 aromatic rings. The predicted molar refractivity (Wildman–Crippen MR) is 127 cm³/mol. The van der Waals surface area contributed by atoms with E-state index >= 15 is 0 Å². The zero-order valence-corrected chi connectivity index (χ0v) is 19.0. The first kappa shape index (κ1) is 21.5. The van der Waals surface area contributed by atoms with Gasteiger partial charge in [0.1, 0.15) is 17.5 Å². The fourth-order valence-corrected chi connectivity index (χ4v) is 5.54. The minimum absolute atomic E-state index is 0.0581. The average molecular weight is 460 g/mol. The third kappa shape index (κ3) is 4.73. The third-order valence-electron chi connectivity index (χ3n) is 6.13. The number of benzene rings is 2. The first-order valence-corrected chi connectivity index (χ1v) is 12.2. The zero-order chi connectivity index (χ0) is 22.6. The molecule has 0 unspecified atom stereocenters. The van der Waals surface area contributed by atoms with Crippen LogP contribution in [0.4, 0.5) is 0 Å². The lowest BCUT2D eigenvalue weighted by atomic mass is 9.90. The van der Waals surface area contributed by atoms with Gasteiger partial charge in [-0.15, -0.1) is 0 Å². The first-order valence-electron chi connectivity index (χ1n) is 11.4. The molecule has 1 saturated carbocycles. The number of aromatic nitrogens is 3. The quantitative estimate of drug-likeness (QED) is 0.376. The van der Waals surface area contributed by atoms with Gasteiger partial charge >= 0.3 is 5.97 Å². The fraction of sp³-hybridized carbons (Fsp3) is 0.308. The Balaban J connectivity index is 1.36. The topological polar surface area (TPSA) is 73.6 Å². The highest BCUT2D eigenvalue weighted by Crippen LogP contribution is 2.34. The van der Waals surface area contributed by atoms with E-state index in [4.69, 9.17) is 4.74 Å². The van der Waals surface area contributed by atoms with Gasteiger partial charge in [0, 0.05) is 12.0 Å². The molecule has 33 heavy (non-hydrogen) atoms. The second kappa shape index (κ2) is 9.67. The molecule has 2 aromatic carbocycles. The molecule has 0 amide bonds. The molecular formula is C26H25N3O3S. The van der Waals surface area contributed by atoms with Crippen molar-refractivity contribution < 1.29 is 9.53 Å².